The van der Waals surface area contributed by atoms with Crippen molar-refractivity contribution in [3.8, 4) is 0 Å². The third kappa shape index (κ3) is 3.05. The van der Waals surface area contributed by atoms with E-state index >= 15 is 0 Å². The third-order valence-corrected chi connectivity index (χ3v) is 6.38. The summed E-state index contributed by atoms with van der Waals surface area (Å²) in [5.74, 6) is 2.46. The number of rotatable bonds is 2. The molecule has 2 nitrogen and oxygen atoms in total. The van der Waals surface area contributed by atoms with Gasteiger partial charge in [-0.25, -0.2) is 0 Å². The predicted octanol–water partition coefficient (Wildman–Crippen LogP) is 4.44. The van der Waals surface area contributed by atoms with Gasteiger partial charge in [0, 0.05) is 27.4 Å². The molecule has 2 fully saturated rings. The first-order valence-electron chi connectivity index (χ1n) is 6.94. The van der Waals surface area contributed by atoms with Gasteiger partial charge in [0.1, 0.15) is 0 Å². The van der Waals surface area contributed by atoms with E-state index in [9.17, 15) is 5.11 Å². The molecule has 2 heterocycles. The molecule has 1 aromatic rings. The molecule has 1 N–H and O–H groups in total. The van der Waals surface area contributed by atoms with Crippen LogP contribution in [0, 0.1) is 5.92 Å². The van der Waals surface area contributed by atoms with E-state index in [1.807, 2.05) is 30.0 Å². The van der Waals surface area contributed by atoms with Gasteiger partial charge in [-0.05, 0) is 49.1 Å². The zero-order valence-corrected chi connectivity index (χ0v) is 14.3. The van der Waals surface area contributed by atoms with Crippen molar-refractivity contribution >= 4 is 39.3 Å². The maximum absolute atomic E-state index is 10.7. The summed E-state index contributed by atoms with van der Waals surface area (Å²) in [4.78, 5) is 0. The molecule has 3 atom stereocenters. The van der Waals surface area contributed by atoms with Crippen LogP contribution in [0.4, 0.5) is 0 Å². The smallest absolute Gasteiger partial charge is 0.0834 e. The van der Waals surface area contributed by atoms with Gasteiger partial charge in [-0.2, -0.15) is 11.8 Å². The van der Waals surface area contributed by atoms with Crippen LogP contribution in [-0.2, 0) is 4.74 Å². The first-order chi connectivity index (χ1) is 9.60. The molecule has 110 valence electrons. The highest BCUT2D eigenvalue weighted by molar-refractivity contribution is 9.10. The van der Waals surface area contributed by atoms with Crippen molar-refractivity contribution in [1.82, 2.24) is 0 Å². The van der Waals surface area contributed by atoms with Crippen LogP contribution in [-0.4, -0.2) is 28.8 Å². The van der Waals surface area contributed by atoms with E-state index in [4.69, 9.17) is 16.3 Å². The molecule has 5 heteroatoms. The molecular weight excluding hydrogens is 360 g/mol. The molecule has 3 rings (SSSR count). The average molecular weight is 378 g/mol. The topological polar surface area (TPSA) is 29.5 Å². The van der Waals surface area contributed by atoms with E-state index in [1.165, 1.54) is 5.75 Å². The van der Waals surface area contributed by atoms with E-state index in [0.29, 0.717) is 5.02 Å². The van der Waals surface area contributed by atoms with Crippen molar-refractivity contribution in [3.63, 3.8) is 0 Å². The van der Waals surface area contributed by atoms with E-state index in [2.05, 4.69) is 15.9 Å². The van der Waals surface area contributed by atoms with Gasteiger partial charge in [0.25, 0.3) is 0 Å². The number of aliphatic hydroxyl groups excluding tert-OH is 1. The Kier molecular flexibility index (Phi) is 4.68. The lowest BCUT2D eigenvalue weighted by molar-refractivity contribution is -0.102. The monoisotopic (exact) mass is 376 g/mol. The van der Waals surface area contributed by atoms with Gasteiger partial charge in [0.15, 0.2) is 0 Å². The first-order valence-corrected chi connectivity index (χ1v) is 9.27. The van der Waals surface area contributed by atoms with Crippen LogP contribution >= 0.6 is 39.3 Å². The SMILES string of the molecule is OC(c1cc(Br)ccc1Cl)C1CCOC2(CCSC2)C1. The highest BCUT2D eigenvalue weighted by Gasteiger charge is 2.42. The number of ether oxygens (including phenoxy) is 1. The standard InChI is InChI=1S/C15H18BrClO2S/c16-11-1-2-13(17)12(7-11)14(18)10-3-5-19-15(8-10)4-6-20-9-15/h1-2,7,10,14,18H,3-6,8-9H2. The average Bonchev–Trinajstić information content (AvgIpc) is 2.88. The zero-order valence-electron chi connectivity index (χ0n) is 11.1. The van der Waals surface area contributed by atoms with Crippen molar-refractivity contribution in [1.29, 1.82) is 0 Å². The molecule has 2 aliphatic rings. The fourth-order valence-corrected chi connectivity index (χ4v) is 5.18. The molecule has 1 aromatic carbocycles. The summed E-state index contributed by atoms with van der Waals surface area (Å²) in [6.45, 7) is 0.744. The number of thioether (sulfide) groups is 1. The van der Waals surface area contributed by atoms with Crippen LogP contribution in [0.15, 0.2) is 22.7 Å². The summed E-state index contributed by atoms with van der Waals surface area (Å²) in [5, 5.41) is 11.4. The van der Waals surface area contributed by atoms with E-state index in [0.717, 1.165) is 41.7 Å². The predicted molar refractivity (Wildman–Crippen MR) is 87.5 cm³/mol. The van der Waals surface area contributed by atoms with Gasteiger partial charge in [-0.1, -0.05) is 27.5 Å². The molecule has 0 saturated carbocycles. The Balaban J connectivity index is 1.79. The second-order valence-electron chi connectivity index (χ2n) is 5.70. The van der Waals surface area contributed by atoms with Gasteiger partial charge >= 0.3 is 0 Å². The maximum atomic E-state index is 10.7. The summed E-state index contributed by atoms with van der Waals surface area (Å²) in [7, 11) is 0. The molecule has 2 saturated heterocycles. The number of benzene rings is 1. The van der Waals surface area contributed by atoms with Gasteiger partial charge in [0.05, 0.1) is 11.7 Å². The number of halogens is 2. The van der Waals surface area contributed by atoms with Crippen molar-refractivity contribution in [2.75, 3.05) is 18.1 Å². The van der Waals surface area contributed by atoms with Crippen molar-refractivity contribution < 1.29 is 9.84 Å². The molecule has 0 amide bonds. The molecular formula is C15H18BrClO2S. The highest BCUT2D eigenvalue weighted by Crippen LogP contribution is 2.45. The van der Waals surface area contributed by atoms with Crippen molar-refractivity contribution in [2.45, 2.75) is 31.0 Å². The lowest BCUT2D eigenvalue weighted by Crippen LogP contribution is -2.41. The lowest BCUT2D eigenvalue weighted by atomic mass is 9.80. The van der Waals surface area contributed by atoms with Gasteiger partial charge in [-0.3, -0.25) is 0 Å². The van der Waals surface area contributed by atoms with Crippen molar-refractivity contribution in [3.05, 3.63) is 33.3 Å². The molecule has 0 aliphatic carbocycles. The second kappa shape index (κ2) is 6.17. The molecule has 2 aliphatic heterocycles. The van der Waals surface area contributed by atoms with Crippen LogP contribution in [0.2, 0.25) is 5.02 Å². The number of hydrogen-bond acceptors (Lipinski definition) is 3. The summed E-state index contributed by atoms with van der Waals surface area (Å²) in [6, 6.07) is 5.67. The Bertz CT molecular complexity index is 491. The molecule has 0 radical (unpaired) electrons. The second-order valence-corrected chi connectivity index (χ2v) is 8.13. The third-order valence-electron chi connectivity index (χ3n) is 4.32. The molecule has 0 bridgehead atoms. The molecule has 0 aromatic heterocycles. The van der Waals surface area contributed by atoms with Crippen LogP contribution in [0.3, 0.4) is 0 Å². The Morgan fingerprint density at radius 3 is 3.10 bits per heavy atom. The zero-order chi connectivity index (χ0) is 14.2. The first kappa shape index (κ1) is 15.2. The summed E-state index contributed by atoms with van der Waals surface area (Å²) in [5.41, 5.74) is 0.821. The largest absolute Gasteiger partial charge is 0.388 e. The van der Waals surface area contributed by atoms with Crippen molar-refractivity contribution in [2.24, 2.45) is 5.92 Å². The van der Waals surface area contributed by atoms with Crippen LogP contribution in [0.5, 0.6) is 0 Å². The van der Waals surface area contributed by atoms with Gasteiger partial charge in [0.2, 0.25) is 0 Å². The van der Waals surface area contributed by atoms with E-state index < -0.39 is 6.10 Å². The Labute approximate surface area is 137 Å². The van der Waals surface area contributed by atoms with E-state index in [1.54, 1.807) is 0 Å². The summed E-state index contributed by atoms with van der Waals surface area (Å²) < 4.78 is 6.98. The molecule has 3 unspecified atom stereocenters. The minimum absolute atomic E-state index is 0.00689. The summed E-state index contributed by atoms with van der Waals surface area (Å²) in [6.07, 6.45) is 2.43. The van der Waals surface area contributed by atoms with Gasteiger partial charge in [-0.15, -0.1) is 0 Å². The fourth-order valence-electron chi connectivity index (χ4n) is 3.19. The Morgan fingerprint density at radius 1 is 1.50 bits per heavy atom. The minimum atomic E-state index is -0.508. The van der Waals surface area contributed by atoms with E-state index in [-0.39, 0.29) is 11.5 Å². The summed E-state index contributed by atoms with van der Waals surface area (Å²) >= 11 is 11.7. The number of hydrogen-bond donors (Lipinski definition) is 1. The Hall–Kier alpha value is 0.260. The molecule has 1 spiro atoms. The van der Waals surface area contributed by atoms with Crippen LogP contribution in [0.1, 0.15) is 30.9 Å². The molecule has 20 heavy (non-hydrogen) atoms. The lowest BCUT2D eigenvalue weighted by Gasteiger charge is -2.39. The quantitative estimate of drug-likeness (QED) is 0.826. The minimum Gasteiger partial charge on any atom is -0.388 e. The highest BCUT2D eigenvalue weighted by atomic mass is 79.9. The normalized spacial score (nSPS) is 31.6. The Morgan fingerprint density at radius 2 is 2.35 bits per heavy atom. The fraction of sp³-hybridized carbons (Fsp3) is 0.600. The number of aliphatic hydroxyl groups is 1. The van der Waals surface area contributed by atoms with Gasteiger partial charge < -0.3 is 9.84 Å². The van der Waals surface area contributed by atoms with Crippen LogP contribution < -0.4 is 0 Å². The van der Waals surface area contributed by atoms with Crippen LogP contribution in [0.25, 0.3) is 0 Å². The maximum Gasteiger partial charge on any atom is 0.0834 e.